The number of hydrogen-bond donors (Lipinski definition) is 1. The van der Waals surface area contributed by atoms with Gasteiger partial charge in [0.15, 0.2) is 0 Å². The van der Waals surface area contributed by atoms with Crippen LogP contribution in [0.3, 0.4) is 0 Å². The second kappa shape index (κ2) is 6.94. The average Bonchev–Trinajstić information content (AvgIpc) is 2.45. The lowest BCUT2D eigenvalue weighted by molar-refractivity contribution is 0.271. The Hall–Kier alpha value is -2.03. The zero-order valence-electron chi connectivity index (χ0n) is 12.4. The van der Waals surface area contributed by atoms with Gasteiger partial charge in [-0.25, -0.2) is 0 Å². The van der Waals surface area contributed by atoms with E-state index < -0.39 is 0 Å². The molecule has 0 bridgehead atoms. The quantitative estimate of drug-likeness (QED) is 0.860. The van der Waals surface area contributed by atoms with Crippen LogP contribution in [0.25, 0.3) is 0 Å². The van der Waals surface area contributed by atoms with Crippen molar-refractivity contribution in [1.29, 1.82) is 0 Å². The number of benzene rings is 1. The Morgan fingerprint density at radius 2 is 2.10 bits per heavy atom. The fraction of sp³-hybridized carbons (Fsp3) is 0.353. The molecule has 0 amide bonds. The zero-order chi connectivity index (χ0) is 14.4. The number of aryl methyl sites for hydroxylation is 1. The summed E-state index contributed by atoms with van der Waals surface area (Å²) in [5, 5.41) is 3.41. The number of nitrogens with zero attached hydrogens (tertiary/aromatic N) is 1. The highest BCUT2D eigenvalue weighted by Gasteiger charge is 2.01. The van der Waals surface area contributed by atoms with E-state index in [4.69, 9.17) is 4.74 Å². The predicted octanol–water partition coefficient (Wildman–Crippen LogP) is 4.04. The molecule has 106 valence electrons. The SMILES string of the molecule is Cc1ccncc1CNc1cccc(OCC(C)C)c1. The van der Waals surface area contributed by atoms with Gasteiger partial charge in [0.25, 0.3) is 0 Å². The van der Waals surface area contributed by atoms with E-state index in [1.807, 2.05) is 42.7 Å². The second-order valence-electron chi connectivity index (χ2n) is 5.39. The van der Waals surface area contributed by atoms with Crippen LogP contribution in [0.2, 0.25) is 0 Å². The number of hydrogen-bond acceptors (Lipinski definition) is 3. The van der Waals surface area contributed by atoms with E-state index in [2.05, 4.69) is 31.1 Å². The Morgan fingerprint density at radius 1 is 1.25 bits per heavy atom. The number of rotatable bonds is 6. The molecule has 1 heterocycles. The molecule has 0 atom stereocenters. The summed E-state index contributed by atoms with van der Waals surface area (Å²) in [4.78, 5) is 4.16. The van der Waals surface area contributed by atoms with Crippen LogP contribution in [0.5, 0.6) is 5.75 Å². The van der Waals surface area contributed by atoms with E-state index in [0.717, 1.165) is 24.6 Å². The molecule has 0 radical (unpaired) electrons. The van der Waals surface area contributed by atoms with Crippen LogP contribution in [0.1, 0.15) is 25.0 Å². The first kappa shape index (κ1) is 14.4. The molecule has 0 saturated carbocycles. The maximum absolute atomic E-state index is 5.73. The van der Waals surface area contributed by atoms with Crippen molar-refractivity contribution in [2.75, 3.05) is 11.9 Å². The molecule has 3 nitrogen and oxygen atoms in total. The van der Waals surface area contributed by atoms with Crippen molar-refractivity contribution in [3.63, 3.8) is 0 Å². The van der Waals surface area contributed by atoms with Gasteiger partial charge in [0.1, 0.15) is 5.75 Å². The lowest BCUT2D eigenvalue weighted by Crippen LogP contribution is -2.05. The molecule has 2 aromatic rings. The molecule has 0 fully saturated rings. The number of anilines is 1. The summed E-state index contributed by atoms with van der Waals surface area (Å²) in [7, 11) is 0. The Bertz CT molecular complexity index is 552. The van der Waals surface area contributed by atoms with E-state index in [-0.39, 0.29) is 0 Å². The second-order valence-corrected chi connectivity index (χ2v) is 5.39. The van der Waals surface area contributed by atoms with E-state index in [9.17, 15) is 0 Å². The molecule has 1 aromatic carbocycles. The predicted molar refractivity (Wildman–Crippen MR) is 83.1 cm³/mol. The minimum Gasteiger partial charge on any atom is -0.493 e. The fourth-order valence-corrected chi connectivity index (χ4v) is 1.84. The molecule has 1 aromatic heterocycles. The van der Waals surface area contributed by atoms with Gasteiger partial charge in [0, 0.05) is 30.7 Å². The highest BCUT2D eigenvalue weighted by molar-refractivity contribution is 5.48. The third-order valence-corrected chi connectivity index (χ3v) is 3.05. The summed E-state index contributed by atoms with van der Waals surface area (Å²) >= 11 is 0. The summed E-state index contributed by atoms with van der Waals surface area (Å²) in [6, 6.07) is 10.1. The highest BCUT2D eigenvalue weighted by atomic mass is 16.5. The zero-order valence-corrected chi connectivity index (χ0v) is 12.4. The molecule has 0 saturated heterocycles. The largest absolute Gasteiger partial charge is 0.493 e. The summed E-state index contributed by atoms with van der Waals surface area (Å²) in [6.07, 6.45) is 3.72. The molecule has 2 rings (SSSR count). The minimum absolute atomic E-state index is 0.532. The molecular weight excluding hydrogens is 248 g/mol. The van der Waals surface area contributed by atoms with Crippen molar-refractivity contribution >= 4 is 5.69 Å². The Balaban J connectivity index is 1.96. The maximum atomic E-state index is 5.73. The van der Waals surface area contributed by atoms with Crippen LogP contribution >= 0.6 is 0 Å². The van der Waals surface area contributed by atoms with Gasteiger partial charge in [0.2, 0.25) is 0 Å². The van der Waals surface area contributed by atoms with Gasteiger partial charge in [-0.3, -0.25) is 4.98 Å². The van der Waals surface area contributed by atoms with Crippen LogP contribution in [0, 0.1) is 12.8 Å². The highest BCUT2D eigenvalue weighted by Crippen LogP contribution is 2.19. The molecule has 1 N–H and O–H groups in total. The molecule has 0 aliphatic heterocycles. The van der Waals surface area contributed by atoms with Gasteiger partial charge in [-0.1, -0.05) is 19.9 Å². The molecule has 20 heavy (non-hydrogen) atoms. The van der Waals surface area contributed by atoms with Gasteiger partial charge in [-0.15, -0.1) is 0 Å². The van der Waals surface area contributed by atoms with Crippen molar-refractivity contribution in [2.45, 2.75) is 27.3 Å². The maximum Gasteiger partial charge on any atom is 0.121 e. The first-order valence-electron chi connectivity index (χ1n) is 7.01. The van der Waals surface area contributed by atoms with Gasteiger partial charge in [-0.2, -0.15) is 0 Å². The fourth-order valence-electron chi connectivity index (χ4n) is 1.84. The number of ether oxygens (including phenoxy) is 1. The van der Waals surface area contributed by atoms with Gasteiger partial charge in [-0.05, 0) is 42.2 Å². The number of nitrogens with one attached hydrogen (secondary N) is 1. The summed E-state index contributed by atoms with van der Waals surface area (Å²) < 4.78 is 5.73. The van der Waals surface area contributed by atoms with Crippen molar-refractivity contribution in [1.82, 2.24) is 4.98 Å². The van der Waals surface area contributed by atoms with E-state index >= 15 is 0 Å². The molecule has 0 aliphatic carbocycles. The van der Waals surface area contributed by atoms with Crippen LogP contribution in [0.4, 0.5) is 5.69 Å². The molecule has 0 unspecified atom stereocenters. The molecular formula is C17H22N2O. The monoisotopic (exact) mass is 270 g/mol. The van der Waals surface area contributed by atoms with Gasteiger partial charge >= 0.3 is 0 Å². The van der Waals surface area contributed by atoms with E-state index in [0.29, 0.717) is 5.92 Å². The van der Waals surface area contributed by atoms with Crippen molar-refractivity contribution < 1.29 is 4.74 Å². The third-order valence-electron chi connectivity index (χ3n) is 3.05. The Labute approximate surface area is 121 Å². The van der Waals surface area contributed by atoms with E-state index in [1.54, 1.807) is 0 Å². The summed E-state index contributed by atoms with van der Waals surface area (Å²) in [5.74, 6) is 1.44. The van der Waals surface area contributed by atoms with Gasteiger partial charge in [0.05, 0.1) is 6.61 Å². The Morgan fingerprint density at radius 3 is 2.85 bits per heavy atom. The average molecular weight is 270 g/mol. The Kier molecular flexibility index (Phi) is 4.99. The van der Waals surface area contributed by atoms with Crippen LogP contribution in [-0.4, -0.2) is 11.6 Å². The number of aromatic nitrogens is 1. The van der Waals surface area contributed by atoms with Crippen molar-refractivity contribution in [3.8, 4) is 5.75 Å². The van der Waals surface area contributed by atoms with Gasteiger partial charge < -0.3 is 10.1 Å². The lowest BCUT2D eigenvalue weighted by Gasteiger charge is -2.12. The molecule has 3 heteroatoms. The number of pyridine rings is 1. The lowest BCUT2D eigenvalue weighted by atomic mass is 10.1. The smallest absolute Gasteiger partial charge is 0.121 e. The summed E-state index contributed by atoms with van der Waals surface area (Å²) in [6.45, 7) is 7.90. The summed E-state index contributed by atoms with van der Waals surface area (Å²) in [5.41, 5.74) is 3.52. The standard InChI is InChI=1S/C17H22N2O/c1-13(2)12-20-17-6-4-5-16(9-17)19-11-15-10-18-8-7-14(15)3/h4-10,13,19H,11-12H2,1-3H3. The topological polar surface area (TPSA) is 34.2 Å². The molecule has 0 spiro atoms. The first-order chi connectivity index (χ1) is 9.65. The van der Waals surface area contributed by atoms with Crippen molar-refractivity contribution in [3.05, 3.63) is 53.9 Å². The van der Waals surface area contributed by atoms with Crippen LogP contribution < -0.4 is 10.1 Å². The van der Waals surface area contributed by atoms with E-state index in [1.165, 1.54) is 11.1 Å². The minimum atomic E-state index is 0.532. The van der Waals surface area contributed by atoms with Crippen molar-refractivity contribution in [2.24, 2.45) is 5.92 Å². The van der Waals surface area contributed by atoms with Crippen LogP contribution in [0.15, 0.2) is 42.7 Å². The normalized spacial score (nSPS) is 10.6. The third kappa shape index (κ3) is 4.26. The first-order valence-corrected chi connectivity index (χ1v) is 7.01. The van der Waals surface area contributed by atoms with Crippen LogP contribution in [-0.2, 0) is 6.54 Å². The molecule has 0 aliphatic rings.